The van der Waals surface area contributed by atoms with Gasteiger partial charge in [0.05, 0.1) is 0 Å². The molecule has 0 spiro atoms. The maximum absolute atomic E-state index is 3.15. The Bertz CT molecular complexity index is 88.1. The average Bonchev–Trinajstić information content (AvgIpc) is 2.14. The first-order chi connectivity index (χ1) is 3.43. The molecule has 7 heavy (non-hydrogen) atoms. The number of nitrogens with one attached hydrogen (secondary N) is 1. The van der Waals surface area contributed by atoms with Crippen LogP contribution in [0.2, 0.25) is 0 Å². The normalized spacial score (nSPS) is 19.9. The van der Waals surface area contributed by atoms with E-state index in [0.29, 0.717) is 0 Å². The molecule has 0 saturated carbocycles. The van der Waals surface area contributed by atoms with Crippen LogP contribution in [0.1, 0.15) is 13.3 Å². The highest BCUT2D eigenvalue weighted by Gasteiger charge is 1.98. The minimum Gasteiger partial charge on any atom is -0.256 e. The van der Waals surface area contributed by atoms with Crippen LogP contribution in [-0.2, 0) is 0 Å². The van der Waals surface area contributed by atoms with Crippen LogP contribution in [0.5, 0.6) is 0 Å². The fraction of sp³-hybridized carbons (Fsp3) is 0.600. The molecule has 0 bridgehead atoms. The van der Waals surface area contributed by atoms with Crippen LogP contribution in [0.15, 0.2) is 11.0 Å². The second-order valence-electron chi connectivity index (χ2n) is 1.57. The van der Waals surface area contributed by atoms with Gasteiger partial charge in [-0.1, -0.05) is 18.9 Å². The van der Waals surface area contributed by atoms with E-state index < -0.39 is 0 Å². The second kappa shape index (κ2) is 2.38. The Hall–Kier alpha value is 0.0500. The van der Waals surface area contributed by atoms with Gasteiger partial charge in [-0.15, -0.1) is 0 Å². The molecule has 1 heterocycles. The standard InChI is InChI=1S/C5H9NS/c1-2-5-3-6-7-4-5/h4,6H,2-3H2,1H3. The van der Waals surface area contributed by atoms with Gasteiger partial charge in [-0.25, -0.2) is 0 Å². The Morgan fingerprint density at radius 2 is 2.86 bits per heavy atom. The largest absolute Gasteiger partial charge is 0.256 e. The molecule has 0 saturated heterocycles. The molecule has 1 aliphatic rings. The second-order valence-corrected chi connectivity index (χ2v) is 2.33. The molecule has 1 aliphatic heterocycles. The van der Waals surface area contributed by atoms with Crippen LogP contribution in [0.25, 0.3) is 0 Å². The summed E-state index contributed by atoms with van der Waals surface area (Å²) in [6.45, 7) is 3.26. The highest BCUT2D eigenvalue weighted by molar-refractivity contribution is 8.00. The lowest BCUT2D eigenvalue weighted by Gasteiger charge is -1.88. The summed E-state index contributed by atoms with van der Waals surface area (Å²) in [4.78, 5) is 0. The summed E-state index contributed by atoms with van der Waals surface area (Å²) in [6, 6.07) is 0. The molecule has 0 aliphatic carbocycles. The van der Waals surface area contributed by atoms with Gasteiger partial charge in [0.1, 0.15) is 0 Å². The molecule has 1 N–H and O–H groups in total. The van der Waals surface area contributed by atoms with Crippen LogP contribution in [0, 0.1) is 0 Å². The van der Waals surface area contributed by atoms with Gasteiger partial charge < -0.3 is 0 Å². The molecular weight excluding hydrogens is 106 g/mol. The van der Waals surface area contributed by atoms with Crippen molar-refractivity contribution in [1.82, 2.24) is 4.72 Å². The van der Waals surface area contributed by atoms with Gasteiger partial charge in [0, 0.05) is 6.54 Å². The molecule has 0 aromatic carbocycles. The molecule has 0 fully saturated rings. The lowest BCUT2D eigenvalue weighted by Crippen LogP contribution is -1.98. The molecule has 0 amide bonds. The summed E-state index contributed by atoms with van der Waals surface area (Å²) in [5, 5.41) is 2.18. The van der Waals surface area contributed by atoms with E-state index in [1.165, 1.54) is 12.0 Å². The van der Waals surface area contributed by atoms with E-state index in [1.807, 2.05) is 0 Å². The van der Waals surface area contributed by atoms with Crippen molar-refractivity contribution in [2.45, 2.75) is 13.3 Å². The number of rotatable bonds is 1. The maximum Gasteiger partial charge on any atom is 0.0280 e. The topological polar surface area (TPSA) is 12.0 Å². The van der Waals surface area contributed by atoms with Crippen LogP contribution in [0.4, 0.5) is 0 Å². The van der Waals surface area contributed by atoms with E-state index in [0.717, 1.165) is 6.54 Å². The minimum absolute atomic E-state index is 1.08. The molecule has 1 rings (SSSR count). The van der Waals surface area contributed by atoms with Gasteiger partial charge in [-0.3, -0.25) is 4.72 Å². The summed E-state index contributed by atoms with van der Waals surface area (Å²) in [5.74, 6) is 0. The Morgan fingerprint density at radius 1 is 2.00 bits per heavy atom. The van der Waals surface area contributed by atoms with E-state index in [4.69, 9.17) is 0 Å². The molecular formula is C5H9NS. The van der Waals surface area contributed by atoms with Crippen molar-refractivity contribution in [3.63, 3.8) is 0 Å². The smallest absolute Gasteiger partial charge is 0.0280 e. The lowest BCUT2D eigenvalue weighted by atomic mass is 10.2. The van der Waals surface area contributed by atoms with E-state index in [1.54, 1.807) is 11.9 Å². The molecule has 2 heteroatoms. The average molecular weight is 115 g/mol. The summed E-state index contributed by atoms with van der Waals surface area (Å²) < 4.78 is 3.15. The fourth-order valence-electron chi connectivity index (χ4n) is 0.509. The van der Waals surface area contributed by atoms with Crippen molar-refractivity contribution in [2.75, 3.05) is 6.54 Å². The zero-order valence-electron chi connectivity index (χ0n) is 4.40. The first-order valence-corrected chi connectivity index (χ1v) is 3.38. The summed E-state index contributed by atoms with van der Waals surface area (Å²) in [5.41, 5.74) is 1.52. The SMILES string of the molecule is CCC1=CSNC1. The van der Waals surface area contributed by atoms with E-state index in [2.05, 4.69) is 17.1 Å². The van der Waals surface area contributed by atoms with Crippen LogP contribution in [0.3, 0.4) is 0 Å². The fourth-order valence-corrected chi connectivity index (χ4v) is 1.28. The summed E-state index contributed by atoms with van der Waals surface area (Å²) in [7, 11) is 0. The molecule has 0 aromatic rings. The first-order valence-electron chi connectivity index (χ1n) is 2.50. The molecule has 40 valence electrons. The Morgan fingerprint density at radius 3 is 3.14 bits per heavy atom. The molecule has 0 unspecified atom stereocenters. The van der Waals surface area contributed by atoms with E-state index in [9.17, 15) is 0 Å². The third-order valence-electron chi connectivity index (χ3n) is 1.06. The zero-order valence-corrected chi connectivity index (χ0v) is 5.22. The zero-order chi connectivity index (χ0) is 5.11. The molecule has 0 aromatic heterocycles. The predicted octanol–water partition coefficient (Wildman–Crippen LogP) is 1.53. The molecule has 0 radical (unpaired) electrons. The van der Waals surface area contributed by atoms with Gasteiger partial charge in [0.2, 0.25) is 0 Å². The van der Waals surface area contributed by atoms with Crippen molar-refractivity contribution >= 4 is 11.9 Å². The van der Waals surface area contributed by atoms with Crippen molar-refractivity contribution in [3.8, 4) is 0 Å². The Labute approximate surface area is 48.3 Å². The van der Waals surface area contributed by atoms with Crippen LogP contribution < -0.4 is 4.72 Å². The summed E-state index contributed by atoms with van der Waals surface area (Å²) >= 11 is 1.69. The molecule has 1 nitrogen and oxygen atoms in total. The van der Waals surface area contributed by atoms with Crippen LogP contribution in [-0.4, -0.2) is 6.54 Å². The van der Waals surface area contributed by atoms with Crippen molar-refractivity contribution in [2.24, 2.45) is 0 Å². The predicted molar refractivity (Wildman–Crippen MR) is 34.0 cm³/mol. The number of hydrogen-bond donors (Lipinski definition) is 1. The Balaban J connectivity index is 2.36. The third-order valence-corrected chi connectivity index (χ3v) is 1.82. The summed E-state index contributed by atoms with van der Waals surface area (Å²) in [6.07, 6.45) is 1.19. The van der Waals surface area contributed by atoms with Crippen molar-refractivity contribution < 1.29 is 0 Å². The highest BCUT2D eigenvalue weighted by Crippen LogP contribution is 2.13. The van der Waals surface area contributed by atoms with Crippen molar-refractivity contribution in [3.05, 3.63) is 11.0 Å². The highest BCUT2D eigenvalue weighted by atomic mass is 32.2. The van der Waals surface area contributed by atoms with Gasteiger partial charge in [-0.05, 0) is 17.4 Å². The van der Waals surface area contributed by atoms with Gasteiger partial charge in [0.25, 0.3) is 0 Å². The van der Waals surface area contributed by atoms with E-state index >= 15 is 0 Å². The van der Waals surface area contributed by atoms with Gasteiger partial charge in [-0.2, -0.15) is 0 Å². The van der Waals surface area contributed by atoms with Crippen LogP contribution >= 0.6 is 11.9 Å². The van der Waals surface area contributed by atoms with E-state index in [-0.39, 0.29) is 0 Å². The monoisotopic (exact) mass is 115 g/mol. The molecule has 0 atom stereocenters. The maximum atomic E-state index is 3.15. The first kappa shape index (κ1) is 5.19. The van der Waals surface area contributed by atoms with Gasteiger partial charge in [0.15, 0.2) is 0 Å². The quantitative estimate of drug-likeness (QED) is 0.520. The van der Waals surface area contributed by atoms with Crippen molar-refractivity contribution in [1.29, 1.82) is 0 Å². The third kappa shape index (κ3) is 1.21. The van der Waals surface area contributed by atoms with Gasteiger partial charge >= 0.3 is 0 Å². The number of hydrogen-bond acceptors (Lipinski definition) is 2. The lowest BCUT2D eigenvalue weighted by molar-refractivity contribution is 0.986. The minimum atomic E-state index is 1.08. The Kier molecular flexibility index (Phi) is 1.77.